The summed E-state index contributed by atoms with van der Waals surface area (Å²) in [6.45, 7) is 7.26. The van der Waals surface area contributed by atoms with E-state index in [0.29, 0.717) is 37.6 Å². The summed E-state index contributed by atoms with van der Waals surface area (Å²) in [6, 6.07) is 13.4. The van der Waals surface area contributed by atoms with Gasteiger partial charge in [0.2, 0.25) is 5.91 Å². The fourth-order valence-corrected chi connectivity index (χ4v) is 6.48. The lowest BCUT2D eigenvalue weighted by Crippen LogP contribution is -2.54. The minimum atomic E-state index is -0.711. The average Bonchev–Trinajstić information content (AvgIpc) is 3.59. The van der Waals surface area contributed by atoms with Gasteiger partial charge < -0.3 is 24.4 Å². The van der Waals surface area contributed by atoms with Crippen LogP contribution in [0.4, 0.5) is 10.5 Å². The molecule has 3 heterocycles. The number of rotatable bonds is 6. The van der Waals surface area contributed by atoms with Crippen molar-refractivity contribution in [2.24, 2.45) is 10.9 Å². The van der Waals surface area contributed by atoms with Crippen molar-refractivity contribution in [3.05, 3.63) is 58.6 Å². The van der Waals surface area contributed by atoms with Gasteiger partial charge in [0.05, 0.1) is 24.9 Å². The molecular formula is C32H34ClN3O5. The van der Waals surface area contributed by atoms with Crippen LogP contribution in [0.2, 0.25) is 5.02 Å². The molecule has 1 fully saturated rings. The second-order valence-corrected chi connectivity index (χ2v) is 11.6. The average molecular weight is 576 g/mol. The Labute approximate surface area is 244 Å². The number of carbonyl (C=O) groups excluding carboxylic acids is 2. The smallest absolute Gasteiger partial charge is 0.407 e. The molecule has 3 aliphatic rings. The molecule has 214 valence electrons. The van der Waals surface area contributed by atoms with E-state index in [1.54, 1.807) is 0 Å². The number of amides is 2. The number of methoxy groups -OCH3 is 1. The van der Waals surface area contributed by atoms with Crippen LogP contribution in [0, 0.1) is 5.92 Å². The largest absolute Gasteiger partial charge is 0.488 e. The number of fused-ring (bicyclic) bond motifs is 6. The third-order valence-corrected chi connectivity index (χ3v) is 8.53. The fourth-order valence-electron chi connectivity index (χ4n) is 6.28. The van der Waals surface area contributed by atoms with E-state index in [1.165, 1.54) is 7.11 Å². The van der Waals surface area contributed by atoms with Gasteiger partial charge >= 0.3 is 6.09 Å². The standard InChI is InChI=1S/C32H34ClN3O5/c1-5-40-21-12-28(36(15-21)31(37)30(17(2)3)35-32(38)39-4)27-13-24-23-14-29-25(11-18(23)6-9-26(24)34-27)22-8-7-20(33)10-19(22)16-41-29/h6-11,14,17,21,28,30H,5,12-13,15-16H2,1-4H3,(H,35,38)/t21-,28-,30-/m0/s1. The van der Waals surface area contributed by atoms with Crippen LogP contribution < -0.4 is 10.1 Å². The first-order valence-electron chi connectivity index (χ1n) is 14.1. The van der Waals surface area contributed by atoms with Gasteiger partial charge in [0, 0.05) is 42.3 Å². The lowest BCUT2D eigenvalue weighted by molar-refractivity contribution is -0.134. The zero-order chi connectivity index (χ0) is 28.8. The SMILES string of the molecule is CCO[C@H]1C[C@@H](C2=Nc3ccc4cc5c(cc4c3C2)OCc2cc(Cl)ccc2-5)N(C(=O)[C@@H](NC(=O)OC)C(C)C)C1. The molecule has 0 spiro atoms. The molecule has 0 radical (unpaired) electrons. The molecule has 2 amide bonds. The number of ether oxygens (including phenoxy) is 3. The van der Waals surface area contributed by atoms with E-state index in [2.05, 4.69) is 35.6 Å². The van der Waals surface area contributed by atoms with Gasteiger partial charge in [-0.15, -0.1) is 0 Å². The van der Waals surface area contributed by atoms with Crippen LogP contribution >= 0.6 is 11.6 Å². The first-order chi connectivity index (χ1) is 19.8. The molecule has 8 nitrogen and oxygen atoms in total. The van der Waals surface area contributed by atoms with Gasteiger partial charge in [-0.3, -0.25) is 9.79 Å². The Kier molecular flexibility index (Phi) is 7.38. The van der Waals surface area contributed by atoms with Gasteiger partial charge in [-0.25, -0.2) is 4.79 Å². The quantitative estimate of drug-likeness (QED) is 0.385. The van der Waals surface area contributed by atoms with Crippen molar-refractivity contribution in [2.75, 3.05) is 20.3 Å². The van der Waals surface area contributed by atoms with E-state index in [1.807, 2.05) is 37.8 Å². The fraction of sp³-hybridized carbons (Fsp3) is 0.406. The van der Waals surface area contributed by atoms with Crippen molar-refractivity contribution in [3.63, 3.8) is 0 Å². The summed E-state index contributed by atoms with van der Waals surface area (Å²) in [6.07, 6.45) is 0.562. The number of halogens is 1. The second kappa shape index (κ2) is 11.0. The zero-order valence-corrected chi connectivity index (χ0v) is 24.5. The highest BCUT2D eigenvalue weighted by atomic mass is 35.5. The maximum atomic E-state index is 13.8. The summed E-state index contributed by atoms with van der Waals surface area (Å²) in [5.41, 5.74) is 6.24. The summed E-state index contributed by atoms with van der Waals surface area (Å²) in [7, 11) is 1.30. The number of hydrogen-bond acceptors (Lipinski definition) is 6. The Balaban J connectivity index is 1.32. The molecule has 0 unspecified atom stereocenters. The lowest BCUT2D eigenvalue weighted by atomic mass is 9.91. The van der Waals surface area contributed by atoms with E-state index in [0.717, 1.165) is 50.2 Å². The molecule has 1 saturated heterocycles. The highest BCUT2D eigenvalue weighted by Crippen LogP contribution is 2.44. The second-order valence-electron chi connectivity index (χ2n) is 11.2. The highest BCUT2D eigenvalue weighted by Gasteiger charge is 2.43. The monoisotopic (exact) mass is 575 g/mol. The van der Waals surface area contributed by atoms with E-state index in [-0.39, 0.29) is 24.0 Å². The number of nitrogens with one attached hydrogen (secondary N) is 1. The van der Waals surface area contributed by atoms with Crippen molar-refractivity contribution in [1.82, 2.24) is 10.2 Å². The van der Waals surface area contributed by atoms with Crippen LogP contribution in [0.5, 0.6) is 5.75 Å². The molecule has 3 aromatic rings. The number of alkyl carbamates (subject to hydrolysis) is 1. The summed E-state index contributed by atoms with van der Waals surface area (Å²) in [5, 5.41) is 5.64. The number of nitrogens with zero attached hydrogens (tertiary/aromatic N) is 2. The molecule has 3 atom stereocenters. The van der Waals surface area contributed by atoms with Crippen LogP contribution in [0.25, 0.3) is 21.9 Å². The minimum absolute atomic E-state index is 0.1000. The first-order valence-corrected chi connectivity index (χ1v) is 14.5. The van der Waals surface area contributed by atoms with Crippen LogP contribution in [-0.2, 0) is 27.3 Å². The summed E-state index contributed by atoms with van der Waals surface area (Å²) in [4.78, 5) is 32.8. The topological polar surface area (TPSA) is 89.5 Å². The maximum Gasteiger partial charge on any atom is 0.407 e. The van der Waals surface area contributed by atoms with E-state index < -0.39 is 12.1 Å². The number of hydrogen-bond donors (Lipinski definition) is 1. The highest BCUT2D eigenvalue weighted by molar-refractivity contribution is 6.30. The van der Waals surface area contributed by atoms with Gasteiger partial charge in [0.25, 0.3) is 0 Å². The number of aliphatic imine (C=N–C) groups is 1. The molecule has 1 N–H and O–H groups in total. The van der Waals surface area contributed by atoms with Crippen molar-refractivity contribution < 1.29 is 23.8 Å². The number of carbonyl (C=O) groups is 2. The Morgan fingerprint density at radius 3 is 2.76 bits per heavy atom. The molecule has 0 saturated carbocycles. The van der Waals surface area contributed by atoms with Crippen LogP contribution in [0.1, 0.15) is 38.3 Å². The van der Waals surface area contributed by atoms with Gasteiger partial charge in [-0.1, -0.05) is 37.6 Å². The Morgan fingerprint density at radius 1 is 1.17 bits per heavy atom. The van der Waals surface area contributed by atoms with Crippen molar-refractivity contribution in [3.8, 4) is 16.9 Å². The molecule has 0 aliphatic carbocycles. The molecule has 0 bridgehead atoms. The van der Waals surface area contributed by atoms with Gasteiger partial charge in [-0.05, 0) is 70.6 Å². The van der Waals surface area contributed by atoms with Crippen molar-refractivity contribution in [1.29, 1.82) is 0 Å². The molecule has 0 aromatic heterocycles. The summed E-state index contributed by atoms with van der Waals surface area (Å²) >= 11 is 6.22. The summed E-state index contributed by atoms with van der Waals surface area (Å²) in [5.74, 6) is 0.576. The molecule has 6 rings (SSSR count). The summed E-state index contributed by atoms with van der Waals surface area (Å²) < 4.78 is 16.9. The van der Waals surface area contributed by atoms with Crippen LogP contribution in [0.3, 0.4) is 0 Å². The maximum absolute atomic E-state index is 13.8. The Morgan fingerprint density at radius 2 is 2.00 bits per heavy atom. The Bertz CT molecular complexity index is 1570. The van der Waals surface area contributed by atoms with Gasteiger partial charge in [-0.2, -0.15) is 0 Å². The number of benzene rings is 3. The van der Waals surface area contributed by atoms with Crippen LogP contribution in [-0.4, -0.2) is 61.1 Å². The third kappa shape index (κ3) is 5.04. The van der Waals surface area contributed by atoms with E-state index in [9.17, 15) is 9.59 Å². The van der Waals surface area contributed by atoms with Gasteiger partial charge in [0.1, 0.15) is 18.4 Å². The van der Waals surface area contributed by atoms with E-state index >= 15 is 0 Å². The molecule has 41 heavy (non-hydrogen) atoms. The van der Waals surface area contributed by atoms with Crippen molar-refractivity contribution in [2.45, 2.75) is 58.4 Å². The molecule has 9 heteroatoms. The third-order valence-electron chi connectivity index (χ3n) is 8.29. The Hall–Kier alpha value is -3.62. The van der Waals surface area contributed by atoms with Gasteiger partial charge in [0.15, 0.2) is 0 Å². The minimum Gasteiger partial charge on any atom is -0.488 e. The first kappa shape index (κ1) is 27.5. The lowest BCUT2D eigenvalue weighted by Gasteiger charge is -2.30. The molecular weight excluding hydrogens is 542 g/mol. The normalized spacial score (nSPS) is 19.8. The molecule has 3 aliphatic heterocycles. The zero-order valence-electron chi connectivity index (χ0n) is 23.7. The predicted octanol–water partition coefficient (Wildman–Crippen LogP) is 6.07. The molecule has 3 aromatic carbocycles. The number of likely N-dealkylation sites (tertiary alicyclic amines) is 1. The van der Waals surface area contributed by atoms with E-state index in [4.69, 9.17) is 30.8 Å². The van der Waals surface area contributed by atoms with Crippen molar-refractivity contribution >= 4 is 45.8 Å². The van der Waals surface area contributed by atoms with Crippen LogP contribution in [0.15, 0.2) is 47.5 Å². The predicted molar refractivity (Wildman–Crippen MR) is 159 cm³/mol.